The Morgan fingerprint density at radius 3 is 2.00 bits per heavy atom. The largest absolute Gasteiger partial charge is 0.337 e. The van der Waals surface area contributed by atoms with E-state index in [2.05, 4.69) is 5.32 Å². The molecule has 170 valence electrons. The Balaban J connectivity index is 1.56. The zero-order valence-electron chi connectivity index (χ0n) is 18.9. The SMILES string of the molecule is CN(Cc1ccccc1)C(=O)c1ccccc1NC(=O)C(Sc1ccccc1)c1ccccc1. The van der Waals surface area contributed by atoms with Crippen LogP contribution in [0.15, 0.2) is 120 Å². The molecule has 0 saturated carbocycles. The molecule has 0 fully saturated rings. The van der Waals surface area contributed by atoms with Crippen LogP contribution in [0.5, 0.6) is 0 Å². The molecule has 1 atom stereocenters. The third kappa shape index (κ3) is 5.94. The highest BCUT2D eigenvalue weighted by Crippen LogP contribution is 2.36. The molecule has 34 heavy (non-hydrogen) atoms. The maximum Gasteiger partial charge on any atom is 0.256 e. The highest BCUT2D eigenvalue weighted by Gasteiger charge is 2.24. The van der Waals surface area contributed by atoms with Gasteiger partial charge in [-0.1, -0.05) is 91.0 Å². The van der Waals surface area contributed by atoms with Crippen molar-refractivity contribution in [1.82, 2.24) is 4.90 Å². The fraction of sp³-hybridized carbons (Fsp3) is 0.103. The van der Waals surface area contributed by atoms with Crippen LogP contribution in [0.25, 0.3) is 0 Å². The summed E-state index contributed by atoms with van der Waals surface area (Å²) in [6.45, 7) is 0.485. The average Bonchev–Trinajstić information content (AvgIpc) is 2.89. The van der Waals surface area contributed by atoms with Gasteiger partial charge in [-0.25, -0.2) is 0 Å². The summed E-state index contributed by atoms with van der Waals surface area (Å²) in [5, 5.41) is 2.56. The normalized spacial score (nSPS) is 11.4. The zero-order chi connectivity index (χ0) is 23.8. The van der Waals surface area contributed by atoms with Gasteiger partial charge in [-0.2, -0.15) is 0 Å². The van der Waals surface area contributed by atoms with E-state index in [0.29, 0.717) is 17.8 Å². The van der Waals surface area contributed by atoms with Crippen LogP contribution in [0.2, 0.25) is 0 Å². The van der Waals surface area contributed by atoms with Gasteiger partial charge < -0.3 is 10.2 Å². The fourth-order valence-electron chi connectivity index (χ4n) is 3.65. The minimum absolute atomic E-state index is 0.147. The number of para-hydroxylation sites is 1. The van der Waals surface area contributed by atoms with Crippen LogP contribution in [0.1, 0.15) is 26.7 Å². The van der Waals surface area contributed by atoms with E-state index in [0.717, 1.165) is 16.0 Å². The number of rotatable bonds is 8. The monoisotopic (exact) mass is 466 g/mol. The first-order valence-corrected chi connectivity index (χ1v) is 12.0. The Bertz CT molecular complexity index is 1230. The lowest BCUT2D eigenvalue weighted by Gasteiger charge is -2.21. The van der Waals surface area contributed by atoms with E-state index in [1.807, 2.05) is 103 Å². The molecule has 0 aliphatic carbocycles. The molecule has 5 heteroatoms. The quantitative estimate of drug-likeness (QED) is 0.304. The molecule has 0 aliphatic rings. The number of nitrogens with one attached hydrogen (secondary N) is 1. The van der Waals surface area contributed by atoms with Crippen LogP contribution in [-0.2, 0) is 11.3 Å². The third-order valence-electron chi connectivity index (χ3n) is 5.36. The van der Waals surface area contributed by atoms with Gasteiger partial charge in [-0.05, 0) is 35.4 Å². The number of anilines is 1. The summed E-state index contributed by atoms with van der Waals surface area (Å²) in [6, 6.07) is 36.5. The number of thioether (sulfide) groups is 1. The number of benzene rings is 4. The van der Waals surface area contributed by atoms with Crippen molar-refractivity contribution in [2.75, 3.05) is 12.4 Å². The van der Waals surface area contributed by atoms with E-state index in [1.54, 1.807) is 24.1 Å². The van der Waals surface area contributed by atoms with E-state index in [4.69, 9.17) is 0 Å². The predicted molar refractivity (Wildman–Crippen MR) is 139 cm³/mol. The molecule has 0 spiro atoms. The van der Waals surface area contributed by atoms with Crippen molar-refractivity contribution < 1.29 is 9.59 Å². The smallest absolute Gasteiger partial charge is 0.256 e. The van der Waals surface area contributed by atoms with Crippen LogP contribution in [0.3, 0.4) is 0 Å². The molecule has 4 rings (SSSR count). The van der Waals surface area contributed by atoms with Crippen molar-refractivity contribution >= 4 is 29.3 Å². The Labute approximate surface area is 204 Å². The van der Waals surface area contributed by atoms with E-state index in [-0.39, 0.29) is 11.8 Å². The zero-order valence-corrected chi connectivity index (χ0v) is 19.7. The molecule has 1 unspecified atom stereocenters. The van der Waals surface area contributed by atoms with Crippen molar-refractivity contribution in [2.45, 2.75) is 16.7 Å². The van der Waals surface area contributed by atoms with Gasteiger partial charge in [-0.15, -0.1) is 11.8 Å². The maximum absolute atomic E-state index is 13.5. The molecule has 2 amide bonds. The lowest BCUT2D eigenvalue weighted by molar-refractivity contribution is -0.115. The van der Waals surface area contributed by atoms with E-state index in [9.17, 15) is 9.59 Å². The van der Waals surface area contributed by atoms with Crippen LogP contribution in [-0.4, -0.2) is 23.8 Å². The Morgan fingerprint density at radius 2 is 1.32 bits per heavy atom. The number of hydrogen-bond donors (Lipinski definition) is 1. The van der Waals surface area contributed by atoms with Crippen LogP contribution in [0, 0.1) is 0 Å². The van der Waals surface area contributed by atoms with E-state index >= 15 is 0 Å². The van der Waals surface area contributed by atoms with Crippen LogP contribution >= 0.6 is 11.8 Å². The summed E-state index contributed by atoms with van der Waals surface area (Å²) in [6.07, 6.45) is 0. The van der Waals surface area contributed by atoms with Gasteiger partial charge in [0.15, 0.2) is 0 Å². The molecule has 0 radical (unpaired) electrons. The van der Waals surface area contributed by atoms with Crippen molar-refractivity contribution in [2.24, 2.45) is 0 Å². The molecule has 0 heterocycles. The van der Waals surface area contributed by atoms with Crippen molar-refractivity contribution in [1.29, 1.82) is 0 Å². The summed E-state index contributed by atoms with van der Waals surface area (Å²) in [5.74, 6) is -0.322. The molecule has 0 aliphatic heterocycles. The Morgan fingerprint density at radius 1 is 0.765 bits per heavy atom. The summed E-state index contributed by atoms with van der Waals surface area (Å²) in [4.78, 5) is 29.4. The lowest BCUT2D eigenvalue weighted by Crippen LogP contribution is -2.28. The standard InChI is InChI=1S/C29H26N2O2S/c1-31(21-22-13-5-2-6-14-22)29(33)25-19-11-12-20-26(25)30-28(32)27(23-15-7-3-8-16-23)34-24-17-9-4-10-18-24/h2-20,27H,21H2,1H3,(H,30,32). The minimum atomic E-state index is -0.464. The first-order chi connectivity index (χ1) is 16.6. The minimum Gasteiger partial charge on any atom is -0.337 e. The molecule has 4 aromatic rings. The van der Waals surface area contributed by atoms with Gasteiger partial charge in [0.1, 0.15) is 5.25 Å². The number of nitrogens with zero attached hydrogens (tertiary/aromatic N) is 1. The summed E-state index contributed by atoms with van der Waals surface area (Å²) in [7, 11) is 1.77. The first-order valence-electron chi connectivity index (χ1n) is 11.1. The maximum atomic E-state index is 13.5. The molecular weight excluding hydrogens is 440 g/mol. The van der Waals surface area contributed by atoms with Crippen molar-refractivity contribution in [3.05, 3.63) is 132 Å². The Hall–Kier alpha value is -3.83. The van der Waals surface area contributed by atoms with Crippen LogP contribution in [0.4, 0.5) is 5.69 Å². The number of hydrogen-bond acceptors (Lipinski definition) is 3. The van der Waals surface area contributed by atoms with Crippen LogP contribution < -0.4 is 5.32 Å². The van der Waals surface area contributed by atoms with Gasteiger partial charge in [0.05, 0.1) is 11.3 Å². The average molecular weight is 467 g/mol. The molecule has 4 aromatic carbocycles. The number of carbonyl (C=O) groups excluding carboxylic acids is 2. The molecule has 0 bridgehead atoms. The van der Waals surface area contributed by atoms with E-state index in [1.165, 1.54) is 11.8 Å². The van der Waals surface area contributed by atoms with Gasteiger partial charge in [0.25, 0.3) is 5.91 Å². The molecule has 0 saturated heterocycles. The van der Waals surface area contributed by atoms with E-state index < -0.39 is 5.25 Å². The first kappa shape index (κ1) is 23.3. The number of carbonyl (C=O) groups is 2. The van der Waals surface area contributed by atoms with Gasteiger partial charge >= 0.3 is 0 Å². The lowest BCUT2D eigenvalue weighted by atomic mass is 10.1. The molecular formula is C29H26N2O2S. The van der Waals surface area contributed by atoms with Gasteiger partial charge in [-0.3, -0.25) is 9.59 Å². The topological polar surface area (TPSA) is 49.4 Å². The van der Waals surface area contributed by atoms with Crippen molar-refractivity contribution in [3.8, 4) is 0 Å². The Kier molecular flexibility index (Phi) is 7.79. The fourth-order valence-corrected chi connectivity index (χ4v) is 4.69. The molecule has 4 nitrogen and oxygen atoms in total. The third-order valence-corrected chi connectivity index (χ3v) is 6.63. The molecule has 0 aromatic heterocycles. The second-order valence-electron chi connectivity index (χ2n) is 7.90. The summed E-state index contributed by atoms with van der Waals surface area (Å²) >= 11 is 1.48. The second-order valence-corrected chi connectivity index (χ2v) is 9.08. The van der Waals surface area contributed by atoms with Gasteiger partial charge in [0, 0.05) is 18.5 Å². The van der Waals surface area contributed by atoms with Crippen molar-refractivity contribution in [3.63, 3.8) is 0 Å². The highest BCUT2D eigenvalue weighted by molar-refractivity contribution is 8.00. The predicted octanol–water partition coefficient (Wildman–Crippen LogP) is 6.43. The van der Waals surface area contributed by atoms with Gasteiger partial charge in [0.2, 0.25) is 5.91 Å². The second kappa shape index (κ2) is 11.3. The summed E-state index contributed by atoms with van der Waals surface area (Å²) in [5.41, 5.74) is 2.92. The molecule has 1 N–H and O–H groups in total. The highest BCUT2D eigenvalue weighted by atomic mass is 32.2. The number of amides is 2. The summed E-state index contributed by atoms with van der Waals surface area (Å²) < 4.78 is 0.